The van der Waals surface area contributed by atoms with Crippen molar-refractivity contribution in [3.05, 3.63) is 24.4 Å². The van der Waals surface area contributed by atoms with Crippen LogP contribution in [0.25, 0.3) is 0 Å². The lowest BCUT2D eigenvalue weighted by Gasteiger charge is -2.29. The first kappa shape index (κ1) is 16.4. The lowest BCUT2D eigenvalue weighted by Crippen LogP contribution is -2.45. The molecule has 0 aliphatic carbocycles. The van der Waals surface area contributed by atoms with Crippen LogP contribution in [0.1, 0.15) is 26.7 Å². The van der Waals surface area contributed by atoms with Crippen molar-refractivity contribution in [1.82, 2.24) is 15.3 Å². The summed E-state index contributed by atoms with van der Waals surface area (Å²) in [6.07, 6.45) is 3.56. The summed E-state index contributed by atoms with van der Waals surface area (Å²) >= 11 is 0. The molecular formula is C14H24N4O2. The Bertz CT molecular complexity index is 382. The van der Waals surface area contributed by atoms with Crippen LogP contribution in [-0.4, -0.2) is 46.6 Å². The molecule has 0 aliphatic heterocycles. The van der Waals surface area contributed by atoms with E-state index in [2.05, 4.69) is 29.7 Å². The summed E-state index contributed by atoms with van der Waals surface area (Å²) in [5.41, 5.74) is 5.38. The molecule has 6 nitrogen and oxygen atoms in total. The van der Waals surface area contributed by atoms with E-state index < -0.39 is 0 Å². The van der Waals surface area contributed by atoms with Gasteiger partial charge in [-0.05, 0) is 25.0 Å². The van der Waals surface area contributed by atoms with Crippen molar-refractivity contribution in [2.45, 2.75) is 32.7 Å². The summed E-state index contributed by atoms with van der Waals surface area (Å²) in [6, 6.07) is 5.72. The predicted molar refractivity (Wildman–Crippen MR) is 79.0 cm³/mol. The lowest BCUT2D eigenvalue weighted by molar-refractivity contribution is -0.122. The Kier molecular flexibility index (Phi) is 7.60. The first-order valence-electron chi connectivity index (χ1n) is 7.02. The number of carbonyl (C=O) groups is 1. The van der Waals surface area contributed by atoms with E-state index in [4.69, 9.17) is 5.11 Å². The molecule has 0 spiro atoms. The Balaban J connectivity index is 2.45. The number of hydrogen-bond donors (Lipinski definition) is 3. The molecule has 0 saturated heterocycles. The van der Waals surface area contributed by atoms with Gasteiger partial charge < -0.3 is 5.11 Å². The number of aliphatic hydroxyl groups excluding tert-OH is 1. The predicted octanol–water partition coefficient (Wildman–Crippen LogP) is 1.01. The summed E-state index contributed by atoms with van der Waals surface area (Å²) in [5.74, 6) is 0.452. The molecule has 1 heterocycles. The Labute approximate surface area is 120 Å². The standard InChI is InChI=1S/C14H24N4O2/c1-3-12(4-2)18(9-10-19)11-14(20)17-16-13-7-5-6-8-15-13/h5-8,12,19H,3-4,9-11H2,1-2H3,(H,15,16)(H,17,20). The average molecular weight is 280 g/mol. The van der Waals surface area contributed by atoms with Crippen LogP contribution in [0.4, 0.5) is 5.82 Å². The minimum atomic E-state index is -0.143. The number of hydrazine groups is 1. The molecule has 1 aromatic rings. The van der Waals surface area contributed by atoms with E-state index in [1.807, 2.05) is 17.0 Å². The highest BCUT2D eigenvalue weighted by molar-refractivity contribution is 5.79. The third kappa shape index (κ3) is 5.54. The van der Waals surface area contributed by atoms with Crippen molar-refractivity contribution >= 4 is 11.7 Å². The van der Waals surface area contributed by atoms with Crippen molar-refractivity contribution in [1.29, 1.82) is 0 Å². The molecule has 0 unspecified atom stereocenters. The third-order valence-electron chi connectivity index (χ3n) is 3.19. The molecule has 1 amide bonds. The van der Waals surface area contributed by atoms with Gasteiger partial charge in [0, 0.05) is 18.8 Å². The van der Waals surface area contributed by atoms with Gasteiger partial charge in [0.25, 0.3) is 5.91 Å². The fourth-order valence-electron chi connectivity index (χ4n) is 2.12. The zero-order valence-corrected chi connectivity index (χ0v) is 12.2. The van der Waals surface area contributed by atoms with Crippen LogP contribution in [0.3, 0.4) is 0 Å². The molecule has 0 radical (unpaired) electrons. The van der Waals surface area contributed by atoms with Crippen LogP contribution >= 0.6 is 0 Å². The van der Waals surface area contributed by atoms with Crippen molar-refractivity contribution in [2.24, 2.45) is 0 Å². The van der Waals surface area contributed by atoms with Gasteiger partial charge in [-0.3, -0.25) is 20.5 Å². The summed E-state index contributed by atoms with van der Waals surface area (Å²) in [6.45, 7) is 4.98. The molecule has 0 aliphatic rings. The van der Waals surface area contributed by atoms with Gasteiger partial charge in [-0.2, -0.15) is 0 Å². The molecule has 6 heteroatoms. The van der Waals surface area contributed by atoms with Gasteiger partial charge in [0.2, 0.25) is 0 Å². The van der Waals surface area contributed by atoms with E-state index in [0.29, 0.717) is 18.4 Å². The SMILES string of the molecule is CCC(CC)N(CCO)CC(=O)NNc1ccccn1. The van der Waals surface area contributed by atoms with Gasteiger partial charge in [0.1, 0.15) is 5.82 Å². The maximum Gasteiger partial charge on any atom is 0.252 e. The maximum atomic E-state index is 11.9. The number of aromatic nitrogens is 1. The zero-order chi connectivity index (χ0) is 14.8. The van der Waals surface area contributed by atoms with Crippen molar-refractivity contribution in [3.8, 4) is 0 Å². The van der Waals surface area contributed by atoms with E-state index in [1.165, 1.54) is 0 Å². The molecule has 0 aromatic carbocycles. The molecule has 0 fully saturated rings. The van der Waals surface area contributed by atoms with Crippen LogP contribution in [0.5, 0.6) is 0 Å². The van der Waals surface area contributed by atoms with Crippen molar-refractivity contribution in [2.75, 3.05) is 25.1 Å². The van der Waals surface area contributed by atoms with Crippen LogP contribution in [0, 0.1) is 0 Å². The number of nitrogens with zero attached hydrogens (tertiary/aromatic N) is 2. The number of nitrogens with one attached hydrogen (secondary N) is 2. The Morgan fingerprint density at radius 3 is 2.70 bits per heavy atom. The fraction of sp³-hybridized carbons (Fsp3) is 0.571. The highest BCUT2D eigenvalue weighted by atomic mass is 16.3. The minimum absolute atomic E-state index is 0.0530. The van der Waals surface area contributed by atoms with E-state index in [9.17, 15) is 4.79 Å². The van der Waals surface area contributed by atoms with Gasteiger partial charge in [0.05, 0.1) is 13.2 Å². The fourth-order valence-corrected chi connectivity index (χ4v) is 2.12. The number of rotatable bonds is 9. The highest BCUT2D eigenvalue weighted by Gasteiger charge is 2.17. The molecule has 0 atom stereocenters. The molecule has 0 saturated carbocycles. The van der Waals surface area contributed by atoms with Crippen molar-refractivity contribution in [3.63, 3.8) is 0 Å². The number of amides is 1. The smallest absolute Gasteiger partial charge is 0.252 e. The van der Waals surface area contributed by atoms with E-state index in [1.54, 1.807) is 12.3 Å². The van der Waals surface area contributed by atoms with Gasteiger partial charge in [-0.25, -0.2) is 4.98 Å². The summed E-state index contributed by atoms with van der Waals surface area (Å²) in [5, 5.41) is 9.10. The van der Waals surface area contributed by atoms with Gasteiger partial charge in [-0.15, -0.1) is 0 Å². The van der Waals surface area contributed by atoms with Gasteiger partial charge in [0.15, 0.2) is 0 Å². The van der Waals surface area contributed by atoms with Crippen LogP contribution in [-0.2, 0) is 4.79 Å². The maximum absolute atomic E-state index is 11.9. The third-order valence-corrected chi connectivity index (χ3v) is 3.19. The van der Waals surface area contributed by atoms with E-state index >= 15 is 0 Å². The van der Waals surface area contributed by atoms with Crippen LogP contribution < -0.4 is 10.9 Å². The quantitative estimate of drug-likeness (QED) is 0.588. The monoisotopic (exact) mass is 280 g/mol. The molecule has 1 rings (SSSR count). The highest BCUT2D eigenvalue weighted by Crippen LogP contribution is 2.07. The molecule has 20 heavy (non-hydrogen) atoms. The van der Waals surface area contributed by atoms with E-state index in [-0.39, 0.29) is 19.1 Å². The minimum Gasteiger partial charge on any atom is -0.395 e. The second kappa shape index (κ2) is 9.28. The van der Waals surface area contributed by atoms with Gasteiger partial charge >= 0.3 is 0 Å². The summed E-state index contributed by atoms with van der Waals surface area (Å²) < 4.78 is 0. The largest absolute Gasteiger partial charge is 0.395 e. The molecule has 0 bridgehead atoms. The Morgan fingerprint density at radius 1 is 1.40 bits per heavy atom. The molecule has 1 aromatic heterocycles. The number of carbonyl (C=O) groups excluding carboxylic acids is 1. The van der Waals surface area contributed by atoms with Crippen LogP contribution in [0.15, 0.2) is 24.4 Å². The summed E-state index contributed by atoms with van der Waals surface area (Å²) in [4.78, 5) is 18.0. The second-order valence-electron chi connectivity index (χ2n) is 4.55. The first-order chi connectivity index (χ1) is 9.71. The number of pyridine rings is 1. The van der Waals surface area contributed by atoms with Crippen LogP contribution in [0.2, 0.25) is 0 Å². The Morgan fingerprint density at radius 2 is 2.15 bits per heavy atom. The number of aliphatic hydroxyl groups is 1. The second-order valence-corrected chi connectivity index (χ2v) is 4.55. The van der Waals surface area contributed by atoms with E-state index in [0.717, 1.165) is 12.8 Å². The number of hydrogen-bond acceptors (Lipinski definition) is 5. The lowest BCUT2D eigenvalue weighted by atomic mass is 10.1. The number of anilines is 1. The summed E-state index contributed by atoms with van der Waals surface area (Å²) in [7, 11) is 0. The van der Waals surface area contributed by atoms with Gasteiger partial charge in [-0.1, -0.05) is 19.9 Å². The molecular weight excluding hydrogens is 256 g/mol. The first-order valence-corrected chi connectivity index (χ1v) is 7.02. The normalized spacial score (nSPS) is 10.8. The van der Waals surface area contributed by atoms with Crippen molar-refractivity contribution < 1.29 is 9.90 Å². The molecule has 112 valence electrons. The Hall–Kier alpha value is -1.66. The zero-order valence-electron chi connectivity index (χ0n) is 12.2. The molecule has 3 N–H and O–H groups in total. The topological polar surface area (TPSA) is 77.5 Å². The average Bonchev–Trinajstić information content (AvgIpc) is 2.47.